The molecule has 6 heteroatoms. The van der Waals surface area contributed by atoms with E-state index in [1.165, 1.54) is 11.3 Å². The molecule has 0 saturated heterocycles. The Labute approximate surface area is 119 Å². The minimum atomic E-state index is 0.423. The van der Waals surface area contributed by atoms with Crippen LogP contribution >= 0.6 is 46.1 Å². The van der Waals surface area contributed by atoms with Crippen molar-refractivity contribution in [3.63, 3.8) is 0 Å². The molecule has 2 aromatic rings. The van der Waals surface area contributed by atoms with Crippen LogP contribution in [0.1, 0.15) is 18.9 Å². The third-order valence-electron chi connectivity index (χ3n) is 2.19. The fraction of sp³-hybridized carbons (Fsp3) is 0.273. The maximum atomic E-state index is 6.11. The molecule has 0 aliphatic carbocycles. The Kier molecular flexibility index (Phi) is 4.26. The van der Waals surface area contributed by atoms with Crippen LogP contribution in [0.15, 0.2) is 11.4 Å². The van der Waals surface area contributed by atoms with Gasteiger partial charge in [-0.15, -0.1) is 11.3 Å². The summed E-state index contributed by atoms with van der Waals surface area (Å²) in [6.45, 7) is 2.06. The summed E-state index contributed by atoms with van der Waals surface area (Å²) in [6, 6.07) is 1.80. The van der Waals surface area contributed by atoms with Crippen molar-refractivity contribution in [1.82, 2.24) is 9.97 Å². The van der Waals surface area contributed by atoms with Gasteiger partial charge in [0.05, 0.1) is 9.90 Å². The molecule has 0 fully saturated rings. The van der Waals surface area contributed by atoms with E-state index in [4.69, 9.17) is 34.8 Å². The SMILES string of the molecule is CCCc1c(Cl)nc(-c2cc(Cl)cs2)nc1Cl. The topological polar surface area (TPSA) is 25.8 Å². The van der Waals surface area contributed by atoms with Crippen LogP contribution in [0.2, 0.25) is 15.3 Å². The molecule has 0 aromatic carbocycles. The normalized spacial score (nSPS) is 10.8. The van der Waals surface area contributed by atoms with Gasteiger partial charge in [-0.05, 0) is 12.5 Å². The fourth-order valence-corrected chi connectivity index (χ4v) is 3.01. The second kappa shape index (κ2) is 5.53. The second-order valence-corrected chi connectivity index (χ2v) is 5.55. The highest BCUT2D eigenvalue weighted by molar-refractivity contribution is 7.14. The summed E-state index contributed by atoms with van der Waals surface area (Å²) in [5.41, 5.74) is 0.808. The van der Waals surface area contributed by atoms with Crippen molar-refractivity contribution >= 4 is 46.1 Å². The zero-order chi connectivity index (χ0) is 12.4. The summed E-state index contributed by atoms with van der Waals surface area (Å²) >= 11 is 19.5. The van der Waals surface area contributed by atoms with Gasteiger partial charge in [0.2, 0.25) is 0 Å². The average Bonchev–Trinajstić information content (AvgIpc) is 2.70. The first-order valence-corrected chi connectivity index (χ1v) is 7.09. The Morgan fingerprint density at radius 2 is 1.82 bits per heavy atom. The van der Waals surface area contributed by atoms with Gasteiger partial charge < -0.3 is 0 Å². The molecule has 0 amide bonds. The highest BCUT2D eigenvalue weighted by atomic mass is 35.5. The molecule has 2 heterocycles. The molecular weight excluding hydrogens is 299 g/mol. The monoisotopic (exact) mass is 306 g/mol. The first-order chi connectivity index (χ1) is 8.11. The Bertz CT molecular complexity index is 516. The van der Waals surface area contributed by atoms with E-state index in [2.05, 4.69) is 16.9 Å². The molecule has 2 nitrogen and oxygen atoms in total. The molecule has 90 valence electrons. The number of aromatic nitrogens is 2. The smallest absolute Gasteiger partial charge is 0.172 e. The summed E-state index contributed by atoms with van der Waals surface area (Å²) in [5, 5.41) is 3.33. The van der Waals surface area contributed by atoms with Gasteiger partial charge in [-0.25, -0.2) is 9.97 Å². The lowest BCUT2D eigenvalue weighted by molar-refractivity contribution is 0.903. The van der Waals surface area contributed by atoms with E-state index in [9.17, 15) is 0 Å². The Hall–Kier alpha value is -0.350. The van der Waals surface area contributed by atoms with Crippen LogP contribution in [0.3, 0.4) is 0 Å². The number of thiophene rings is 1. The largest absolute Gasteiger partial charge is 0.215 e. The molecule has 2 aromatic heterocycles. The molecule has 0 bridgehead atoms. The van der Waals surface area contributed by atoms with Crippen molar-refractivity contribution in [2.75, 3.05) is 0 Å². The number of rotatable bonds is 3. The number of halogens is 3. The number of nitrogens with zero attached hydrogens (tertiary/aromatic N) is 2. The van der Waals surface area contributed by atoms with Gasteiger partial charge in [-0.2, -0.15) is 0 Å². The predicted octanol–water partition coefficient (Wildman–Crippen LogP) is 5.12. The van der Waals surface area contributed by atoms with Crippen molar-refractivity contribution < 1.29 is 0 Å². The van der Waals surface area contributed by atoms with E-state index in [1.807, 2.05) is 5.38 Å². The molecule has 17 heavy (non-hydrogen) atoms. The minimum absolute atomic E-state index is 0.423. The summed E-state index contributed by atoms with van der Waals surface area (Å²) in [5.74, 6) is 0.525. The average molecular weight is 308 g/mol. The summed E-state index contributed by atoms with van der Waals surface area (Å²) in [6.07, 6.45) is 1.73. The van der Waals surface area contributed by atoms with E-state index in [1.54, 1.807) is 6.07 Å². The fourth-order valence-electron chi connectivity index (χ4n) is 1.43. The van der Waals surface area contributed by atoms with E-state index < -0.39 is 0 Å². The highest BCUT2D eigenvalue weighted by Crippen LogP contribution is 2.31. The number of hydrogen-bond donors (Lipinski definition) is 0. The maximum absolute atomic E-state index is 6.11. The van der Waals surface area contributed by atoms with Crippen LogP contribution in [0, 0.1) is 0 Å². The zero-order valence-corrected chi connectivity index (χ0v) is 12.1. The van der Waals surface area contributed by atoms with Gasteiger partial charge in [0.25, 0.3) is 0 Å². The third kappa shape index (κ3) is 2.91. The van der Waals surface area contributed by atoms with Crippen LogP contribution in [-0.4, -0.2) is 9.97 Å². The Balaban J connectivity index is 2.45. The van der Waals surface area contributed by atoms with Gasteiger partial charge in [0.15, 0.2) is 5.82 Å². The minimum Gasteiger partial charge on any atom is -0.215 e. The predicted molar refractivity (Wildman–Crippen MR) is 74.4 cm³/mol. The van der Waals surface area contributed by atoms with Crippen molar-refractivity contribution in [2.45, 2.75) is 19.8 Å². The standard InChI is InChI=1S/C11H9Cl3N2S/c1-2-3-7-9(13)15-11(16-10(7)14)8-4-6(12)5-17-8/h4-5H,2-3H2,1H3. The molecule has 0 atom stereocenters. The summed E-state index contributed by atoms with van der Waals surface area (Å²) < 4.78 is 0. The van der Waals surface area contributed by atoms with E-state index in [-0.39, 0.29) is 0 Å². The lowest BCUT2D eigenvalue weighted by Crippen LogP contribution is -1.96. The summed E-state index contributed by atoms with van der Waals surface area (Å²) in [4.78, 5) is 9.38. The first-order valence-electron chi connectivity index (χ1n) is 5.08. The van der Waals surface area contributed by atoms with E-state index in [0.717, 1.165) is 23.3 Å². The maximum Gasteiger partial charge on any atom is 0.172 e. The van der Waals surface area contributed by atoms with Crippen LogP contribution < -0.4 is 0 Å². The highest BCUT2D eigenvalue weighted by Gasteiger charge is 2.13. The van der Waals surface area contributed by atoms with Crippen LogP contribution in [0.4, 0.5) is 0 Å². The van der Waals surface area contributed by atoms with E-state index >= 15 is 0 Å². The molecule has 0 N–H and O–H groups in total. The molecule has 0 radical (unpaired) electrons. The molecule has 0 spiro atoms. The molecule has 0 saturated carbocycles. The molecular formula is C11H9Cl3N2S. The molecule has 2 rings (SSSR count). The quantitative estimate of drug-likeness (QED) is 0.736. The van der Waals surface area contributed by atoms with Gasteiger partial charge in [0, 0.05) is 10.9 Å². The molecule has 0 unspecified atom stereocenters. The van der Waals surface area contributed by atoms with E-state index in [0.29, 0.717) is 21.2 Å². The Morgan fingerprint density at radius 3 is 2.29 bits per heavy atom. The van der Waals surface area contributed by atoms with Crippen molar-refractivity contribution in [3.8, 4) is 10.7 Å². The van der Waals surface area contributed by atoms with Crippen molar-refractivity contribution in [1.29, 1.82) is 0 Å². The third-order valence-corrected chi connectivity index (χ3v) is 4.09. The number of hydrogen-bond acceptors (Lipinski definition) is 3. The van der Waals surface area contributed by atoms with Gasteiger partial charge in [0.1, 0.15) is 10.3 Å². The van der Waals surface area contributed by atoms with Crippen molar-refractivity contribution in [2.24, 2.45) is 0 Å². The second-order valence-electron chi connectivity index (χ2n) is 3.49. The molecule has 0 aliphatic heterocycles. The summed E-state index contributed by atoms with van der Waals surface area (Å²) in [7, 11) is 0. The van der Waals surface area contributed by atoms with Gasteiger partial charge in [-0.1, -0.05) is 48.1 Å². The van der Waals surface area contributed by atoms with Crippen molar-refractivity contribution in [3.05, 3.63) is 32.3 Å². The first kappa shape index (κ1) is 13.1. The van der Waals surface area contributed by atoms with Gasteiger partial charge >= 0.3 is 0 Å². The van der Waals surface area contributed by atoms with Gasteiger partial charge in [-0.3, -0.25) is 0 Å². The molecule has 0 aliphatic rings. The lowest BCUT2D eigenvalue weighted by Gasteiger charge is -2.05. The zero-order valence-electron chi connectivity index (χ0n) is 9.01. The van der Waals surface area contributed by atoms with Crippen LogP contribution in [0.25, 0.3) is 10.7 Å². The van der Waals surface area contributed by atoms with Crippen LogP contribution in [0.5, 0.6) is 0 Å². The lowest BCUT2D eigenvalue weighted by atomic mass is 10.2. The van der Waals surface area contributed by atoms with Crippen LogP contribution in [-0.2, 0) is 6.42 Å². The Morgan fingerprint density at radius 1 is 1.18 bits per heavy atom.